The summed E-state index contributed by atoms with van der Waals surface area (Å²) in [6.45, 7) is 1.50. The molecule has 3 aromatic rings. The van der Waals surface area contributed by atoms with Crippen LogP contribution in [0.4, 0.5) is 24.5 Å². The van der Waals surface area contributed by atoms with Crippen LogP contribution in [0.3, 0.4) is 0 Å². The van der Waals surface area contributed by atoms with E-state index in [0.717, 1.165) is 50.0 Å². The maximum absolute atomic E-state index is 13.2. The van der Waals surface area contributed by atoms with Gasteiger partial charge in [-0.3, -0.25) is 4.79 Å². The average molecular weight is 415 g/mol. The van der Waals surface area contributed by atoms with Gasteiger partial charge in [-0.15, -0.1) is 0 Å². The van der Waals surface area contributed by atoms with E-state index >= 15 is 0 Å². The van der Waals surface area contributed by atoms with Crippen molar-refractivity contribution >= 4 is 17.3 Å². The van der Waals surface area contributed by atoms with E-state index in [1.807, 2.05) is 4.90 Å². The van der Waals surface area contributed by atoms with Gasteiger partial charge in [0.1, 0.15) is 0 Å². The van der Waals surface area contributed by atoms with Crippen molar-refractivity contribution in [1.29, 1.82) is 0 Å². The van der Waals surface area contributed by atoms with Crippen molar-refractivity contribution in [1.82, 2.24) is 4.98 Å². The van der Waals surface area contributed by atoms with Gasteiger partial charge in [-0.2, -0.15) is 13.2 Å². The van der Waals surface area contributed by atoms with E-state index < -0.39 is 17.6 Å². The molecule has 8 heteroatoms. The minimum Gasteiger partial charge on any atom is -0.444 e. The lowest BCUT2D eigenvalue weighted by Crippen LogP contribution is -2.30. The topological polar surface area (TPSA) is 58.4 Å². The van der Waals surface area contributed by atoms with Crippen LogP contribution in [0.5, 0.6) is 0 Å². The average Bonchev–Trinajstić information content (AvgIpc) is 3.29. The fourth-order valence-electron chi connectivity index (χ4n) is 3.56. The number of carbonyl (C=O) groups excluding carboxylic acids is 1. The van der Waals surface area contributed by atoms with Gasteiger partial charge in [0.05, 0.1) is 23.1 Å². The van der Waals surface area contributed by atoms with Gasteiger partial charge >= 0.3 is 6.18 Å². The molecule has 1 aliphatic heterocycles. The minimum atomic E-state index is -4.49. The first-order valence-electron chi connectivity index (χ1n) is 9.68. The Hall–Kier alpha value is -3.29. The van der Waals surface area contributed by atoms with Crippen LogP contribution in [0.15, 0.2) is 59.5 Å². The van der Waals surface area contributed by atoms with Gasteiger partial charge < -0.3 is 14.6 Å². The third-order valence-corrected chi connectivity index (χ3v) is 5.13. The quantitative estimate of drug-likeness (QED) is 0.602. The standard InChI is InChI=1S/C22H20F3N3O2/c23-22(24,25)17-8-9-19(28-10-2-1-3-11-28)18(12-17)27-21(29)16-6-4-15(5-7-16)20-13-26-14-30-20/h4-9,12-14H,1-3,10-11H2,(H,27,29). The van der Waals surface area contributed by atoms with Crippen molar-refractivity contribution < 1.29 is 22.4 Å². The summed E-state index contributed by atoms with van der Waals surface area (Å²) in [5.41, 5.74) is 1.06. The molecule has 0 aliphatic carbocycles. The van der Waals surface area contributed by atoms with Crippen LogP contribution < -0.4 is 10.2 Å². The highest BCUT2D eigenvalue weighted by Crippen LogP contribution is 2.36. The van der Waals surface area contributed by atoms with E-state index in [2.05, 4.69) is 10.3 Å². The number of amides is 1. The van der Waals surface area contributed by atoms with Crippen LogP contribution in [-0.2, 0) is 6.18 Å². The second-order valence-corrected chi connectivity index (χ2v) is 7.17. The first-order chi connectivity index (χ1) is 14.4. The number of halogens is 3. The number of aromatic nitrogens is 1. The predicted molar refractivity (Wildman–Crippen MR) is 107 cm³/mol. The Morgan fingerprint density at radius 3 is 2.40 bits per heavy atom. The summed E-state index contributed by atoms with van der Waals surface area (Å²) >= 11 is 0. The third kappa shape index (κ3) is 4.32. The molecule has 0 radical (unpaired) electrons. The Bertz CT molecular complexity index is 1010. The van der Waals surface area contributed by atoms with Crippen molar-refractivity contribution in [2.75, 3.05) is 23.3 Å². The number of carbonyl (C=O) groups is 1. The van der Waals surface area contributed by atoms with Crippen molar-refractivity contribution in [3.05, 3.63) is 66.2 Å². The summed E-state index contributed by atoms with van der Waals surface area (Å²) in [6, 6.07) is 10.1. The molecule has 0 saturated carbocycles. The predicted octanol–water partition coefficient (Wildman–Crippen LogP) is 5.60. The largest absolute Gasteiger partial charge is 0.444 e. The Kier molecular flexibility index (Phi) is 5.48. The molecule has 1 fully saturated rings. The Morgan fingerprint density at radius 2 is 1.77 bits per heavy atom. The van der Waals surface area contributed by atoms with E-state index in [1.165, 1.54) is 12.5 Å². The number of hydrogen-bond donors (Lipinski definition) is 1. The fraction of sp³-hybridized carbons (Fsp3) is 0.273. The summed E-state index contributed by atoms with van der Waals surface area (Å²) in [4.78, 5) is 18.6. The number of alkyl halides is 3. The molecule has 30 heavy (non-hydrogen) atoms. The molecule has 5 nitrogen and oxygen atoms in total. The van der Waals surface area contributed by atoms with Crippen LogP contribution in [0.25, 0.3) is 11.3 Å². The van der Waals surface area contributed by atoms with Gasteiger partial charge in [0.2, 0.25) is 0 Å². The lowest BCUT2D eigenvalue weighted by molar-refractivity contribution is -0.137. The SMILES string of the molecule is O=C(Nc1cc(C(F)(F)F)ccc1N1CCCCC1)c1ccc(-c2cnco2)cc1. The van der Waals surface area contributed by atoms with E-state index in [0.29, 0.717) is 17.0 Å². The molecule has 1 saturated heterocycles. The Morgan fingerprint density at radius 1 is 1.03 bits per heavy atom. The maximum atomic E-state index is 13.2. The van der Waals surface area contributed by atoms with Crippen LogP contribution in [0.1, 0.15) is 35.2 Å². The number of nitrogens with zero attached hydrogens (tertiary/aromatic N) is 2. The number of anilines is 2. The summed E-state index contributed by atoms with van der Waals surface area (Å²) in [5, 5.41) is 2.67. The molecule has 0 unspecified atom stereocenters. The molecule has 1 N–H and O–H groups in total. The van der Waals surface area contributed by atoms with Crippen molar-refractivity contribution in [2.24, 2.45) is 0 Å². The lowest BCUT2D eigenvalue weighted by atomic mass is 10.1. The number of benzene rings is 2. The van der Waals surface area contributed by atoms with E-state index in [4.69, 9.17) is 4.42 Å². The van der Waals surface area contributed by atoms with Gasteiger partial charge in [-0.25, -0.2) is 4.98 Å². The molecular weight excluding hydrogens is 395 g/mol. The number of rotatable bonds is 4. The van der Waals surface area contributed by atoms with Gasteiger partial charge in [-0.05, 0) is 49.6 Å². The highest BCUT2D eigenvalue weighted by Gasteiger charge is 2.32. The molecule has 0 bridgehead atoms. The second kappa shape index (κ2) is 8.22. The number of nitrogens with one attached hydrogen (secondary N) is 1. The highest BCUT2D eigenvalue weighted by molar-refractivity contribution is 6.06. The fourth-order valence-corrected chi connectivity index (χ4v) is 3.56. The van der Waals surface area contributed by atoms with E-state index in [1.54, 1.807) is 30.5 Å². The first-order valence-corrected chi connectivity index (χ1v) is 9.68. The first kappa shape index (κ1) is 20.0. The number of piperidine rings is 1. The summed E-state index contributed by atoms with van der Waals surface area (Å²) < 4.78 is 44.9. The van der Waals surface area contributed by atoms with Crippen LogP contribution in [0.2, 0.25) is 0 Å². The summed E-state index contributed by atoms with van der Waals surface area (Å²) in [6.07, 6.45) is 1.42. The third-order valence-electron chi connectivity index (χ3n) is 5.13. The summed E-state index contributed by atoms with van der Waals surface area (Å²) in [7, 11) is 0. The van der Waals surface area contributed by atoms with Crippen molar-refractivity contribution in [2.45, 2.75) is 25.4 Å². The van der Waals surface area contributed by atoms with E-state index in [9.17, 15) is 18.0 Å². The number of hydrogen-bond acceptors (Lipinski definition) is 4. The number of oxazole rings is 1. The minimum absolute atomic E-state index is 0.163. The van der Waals surface area contributed by atoms with Crippen molar-refractivity contribution in [3.8, 4) is 11.3 Å². The van der Waals surface area contributed by atoms with Crippen LogP contribution >= 0.6 is 0 Å². The van der Waals surface area contributed by atoms with Gasteiger partial charge in [0.15, 0.2) is 12.2 Å². The smallest absolute Gasteiger partial charge is 0.416 e. The van der Waals surface area contributed by atoms with E-state index in [-0.39, 0.29) is 5.69 Å². The lowest BCUT2D eigenvalue weighted by Gasteiger charge is -2.31. The highest BCUT2D eigenvalue weighted by atomic mass is 19.4. The molecule has 1 amide bonds. The zero-order chi connectivity index (χ0) is 21.1. The Labute approximate surface area is 171 Å². The normalized spacial score (nSPS) is 14.6. The molecule has 0 spiro atoms. The molecule has 1 aliphatic rings. The molecule has 0 atom stereocenters. The molecule has 2 aromatic carbocycles. The second-order valence-electron chi connectivity index (χ2n) is 7.17. The maximum Gasteiger partial charge on any atom is 0.416 e. The Balaban J connectivity index is 1.60. The monoisotopic (exact) mass is 415 g/mol. The zero-order valence-corrected chi connectivity index (χ0v) is 16.1. The zero-order valence-electron chi connectivity index (χ0n) is 16.1. The van der Waals surface area contributed by atoms with Crippen molar-refractivity contribution in [3.63, 3.8) is 0 Å². The molecule has 156 valence electrons. The van der Waals surface area contributed by atoms with Gasteiger partial charge in [0.25, 0.3) is 5.91 Å². The van der Waals surface area contributed by atoms with Gasteiger partial charge in [-0.1, -0.05) is 12.1 Å². The molecule has 1 aromatic heterocycles. The molecule has 2 heterocycles. The van der Waals surface area contributed by atoms with Crippen LogP contribution in [0, 0.1) is 0 Å². The molecule has 4 rings (SSSR count). The van der Waals surface area contributed by atoms with Crippen LogP contribution in [-0.4, -0.2) is 24.0 Å². The molecular formula is C22H20F3N3O2. The van der Waals surface area contributed by atoms with Gasteiger partial charge in [0, 0.05) is 24.2 Å². The summed E-state index contributed by atoms with van der Waals surface area (Å²) in [5.74, 6) is 0.0870.